The first-order valence-corrected chi connectivity index (χ1v) is 7.22. The molecule has 0 N–H and O–H groups in total. The lowest BCUT2D eigenvalue weighted by Gasteiger charge is -2.37. The third-order valence-electron chi connectivity index (χ3n) is 3.76. The van der Waals surface area contributed by atoms with Crippen LogP contribution in [0.4, 0.5) is 0 Å². The van der Waals surface area contributed by atoms with Crippen LogP contribution in [-0.2, 0) is 0 Å². The van der Waals surface area contributed by atoms with E-state index in [2.05, 4.69) is 0 Å². The Morgan fingerprint density at radius 2 is 2.21 bits per heavy atom. The van der Waals surface area contributed by atoms with Crippen molar-refractivity contribution in [3.63, 3.8) is 0 Å². The summed E-state index contributed by atoms with van der Waals surface area (Å²) in [7, 11) is 1.62. The molecule has 2 rings (SSSR count). The Balaban J connectivity index is 2.20. The lowest BCUT2D eigenvalue weighted by molar-refractivity contribution is 0.0597. The number of hydrogen-bond donors (Lipinski definition) is 0. The van der Waals surface area contributed by atoms with E-state index in [0.717, 1.165) is 24.2 Å². The van der Waals surface area contributed by atoms with Crippen molar-refractivity contribution in [3.05, 3.63) is 29.3 Å². The molecule has 3 nitrogen and oxygen atoms in total. The number of ether oxygens (including phenoxy) is 1. The summed E-state index contributed by atoms with van der Waals surface area (Å²) in [6, 6.07) is 5.96. The number of benzene rings is 1. The van der Waals surface area contributed by atoms with E-state index in [-0.39, 0.29) is 5.91 Å². The molecule has 1 aliphatic carbocycles. The fraction of sp³-hybridized carbons (Fsp3) is 0.533. The molecule has 4 heteroatoms. The molecule has 0 aromatic heterocycles. The van der Waals surface area contributed by atoms with E-state index >= 15 is 0 Å². The van der Waals surface area contributed by atoms with Crippen LogP contribution in [0.1, 0.15) is 35.2 Å². The van der Waals surface area contributed by atoms with E-state index in [0.29, 0.717) is 24.0 Å². The molecule has 1 fully saturated rings. The summed E-state index contributed by atoms with van der Waals surface area (Å²) in [5.41, 5.74) is 1.71. The Morgan fingerprint density at radius 3 is 2.74 bits per heavy atom. The standard InChI is InChI=1S/C15H20ClNO2/c1-11-6-7-12(10-14(11)19-2)15(18)17(9-8-16)13-4-3-5-13/h6-7,10,13H,3-5,8-9H2,1-2H3. The molecule has 0 radical (unpaired) electrons. The first kappa shape index (κ1) is 14.2. The average molecular weight is 282 g/mol. The summed E-state index contributed by atoms with van der Waals surface area (Å²) < 4.78 is 5.28. The summed E-state index contributed by atoms with van der Waals surface area (Å²) in [6.07, 6.45) is 3.38. The van der Waals surface area contributed by atoms with Crippen LogP contribution in [-0.4, -0.2) is 36.4 Å². The average Bonchev–Trinajstić information content (AvgIpc) is 2.36. The second kappa shape index (κ2) is 6.29. The number of carbonyl (C=O) groups is 1. The number of alkyl halides is 1. The van der Waals surface area contributed by atoms with Gasteiger partial charge in [-0.1, -0.05) is 6.07 Å². The number of halogens is 1. The van der Waals surface area contributed by atoms with Crippen molar-refractivity contribution in [2.75, 3.05) is 19.5 Å². The zero-order valence-electron chi connectivity index (χ0n) is 11.5. The van der Waals surface area contributed by atoms with Crippen LogP contribution in [0, 0.1) is 6.92 Å². The third-order valence-corrected chi connectivity index (χ3v) is 3.93. The Kier molecular flexibility index (Phi) is 4.70. The number of hydrogen-bond acceptors (Lipinski definition) is 2. The predicted octanol–water partition coefficient (Wildman–Crippen LogP) is 3.24. The minimum atomic E-state index is 0.0589. The molecule has 0 bridgehead atoms. The fourth-order valence-electron chi connectivity index (χ4n) is 2.36. The summed E-state index contributed by atoms with van der Waals surface area (Å²) in [4.78, 5) is 14.5. The second-order valence-corrected chi connectivity index (χ2v) is 5.33. The van der Waals surface area contributed by atoms with Crippen LogP contribution in [0.3, 0.4) is 0 Å². The minimum Gasteiger partial charge on any atom is -0.496 e. The molecule has 0 unspecified atom stereocenters. The van der Waals surface area contributed by atoms with Gasteiger partial charge in [0.25, 0.3) is 5.91 Å². The maximum atomic E-state index is 12.6. The normalized spacial score (nSPS) is 14.9. The molecule has 1 aliphatic rings. The van der Waals surface area contributed by atoms with Gasteiger partial charge >= 0.3 is 0 Å². The quantitative estimate of drug-likeness (QED) is 0.776. The Bertz CT molecular complexity index is 457. The van der Waals surface area contributed by atoms with Gasteiger partial charge < -0.3 is 9.64 Å². The van der Waals surface area contributed by atoms with Gasteiger partial charge in [-0.05, 0) is 43.9 Å². The fourth-order valence-corrected chi connectivity index (χ4v) is 2.54. The van der Waals surface area contributed by atoms with E-state index < -0.39 is 0 Å². The minimum absolute atomic E-state index is 0.0589. The Hall–Kier alpha value is -1.22. The molecule has 0 aliphatic heterocycles. The van der Waals surface area contributed by atoms with Crippen molar-refractivity contribution >= 4 is 17.5 Å². The zero-order chi connectivity index (χ0) is 13.8. The van der Waals surface area contributed by atoms with Gasteiger partial charge in [0, 0.05) is 24.0 Å². The van der Waals surface area contributed by atoms with E-state index in [4.69, 9.17) is 16.3 Å². The van der Waals surface area contributed by atoms with E-state index in [9.17, 15) is 4.79 Å². The van der Waals surface area contributed by atoms with Crippen molar-refractivity contribution in [3.8, 4) is 5.75 Å². The van der Waals surface area contributed by atoms with Gasteiger partial charge in [0.05, 0.1) is 7.11 Å². The van der Waals surface area contributed by atoms with E-state index in [1.54, 1.807) is 7.11 Å². The number of methoxy groups -OCH3 is 1. The highest BCUT2D eigenvalue weighted by molar-refractivity contribution is 6.18. The molecule has 1 saturated carbocycles. The maximum Gasteiger partial charge on any atom is 0.254 e. The van der Waals surface area contributed by atoms with Crippen LogP contribution in [0.15, 0.2) is 18.2 Å². The number of rotatable bonds is 5. The maximum absolute atomic E-state index is 12.6. The molecule has 0 spiro atoms. The monoisotopic (exact) mass is 281 g/mol. The number of carbonyl (C=O) groups excluding carboxylic acids is 1. The molecule has 19 heavy (non-hydrogen) atoms. The van der Waals surface area contributed by atoms with Crippen molar-refractivity contribution < 1.29 is 9.53 Å². The van der Waals surface area contributed by atoms with Gasteiger partial charge in [-0.2, -0.15) is 0 Å². The molecule has 0 atom stereocenters. The van der Waals surface area contributed by atoms with Crippen molar-refractivity contribution in [1.29, 1.82) is 0 Å². The lowest BCUT2D eigenvalue weighted by atomic mass is 9.91. The molecule has 0 heterocycles. The zero-order valence-corrected chi connectivity index (χ0v) is 12.2. The number of aryl methyl sites for hydroxylation is 1. The first-order valence-electron chi connectivity index (χ1n) is 6.69. The Morgan fingerprint density at radius 1 is 1.47 bits per heavy atom. The number of nitrogens with zero attached hydrogens (tertiary/aromatic N) is 1. The topological polar surface area (TPSA) is 29.5 Å². The van der Waals surface area contributed by atoms with Gasteiger partial charge in [-0.25, -0.2) is 0 Å². The van der Waals surface area contributed by atoms with Crippen molar-refractivity contribution in [1.82, 2.24) is 4.90 Å². The summed E-state index contributed by atoms with van der Waals surface area (Å²) in [6.45, 7) is 2.58. The van der Waals surface area contributed by atoms with Gasteiger partial charge in [0.1, 0.15) is 5.75 Å². The summed E-state index contributed by atoms with van der Waals surface area (Å²) in [5, 5.41) is 0. The van der Waals surface area contributed by atoms with Gasteiger partial charge in [0.2, 0.25) is 0 Å². The Labute approximate surface area is 119 Å². The van der Waals surface area contributed by atoms with Crippen LogP contribution in [0.25, 0.3) is 0 Å². The van der Waals surface area contributed by atoms with E-state index in [1.165, 1.54) is 6.42 Å². The summed E-state index contributed by atoms with van der Waals surface area (Å²) >= 11 is 5.82. The SMILES string of the molecule is COc1cc(C(=O)N(CCCl)C2CCC2)ccc1C. The molecule has 1 amide bonds. The highest BCUT2D eigenvalue weighted by atomic mass is 35.5. The van der Waals surface area contributed by atoms with Crippen molar-refractivity contribution in [2.45, 2.75) is 32.2 Å². The van der Waals surface area contributed by atoms with Crippen LogP contribution in [0.5, 0.6) is 5.75 Å². The number of amides is 1. The summed E-state index contributed by atoms with van der Waals surface area (Å²) in [5.74, 6) is 1.29. The molecule has 1 aromatic carbocycles. The van der Waals surface area contributed by atoms with Crippen LogP contribution < -0.4 is 4.74 Å². The molecule has 1 aromatic rings. The molecular formula is C15H20ClNO2. The highest BCUT2D eigenvalue weighted by Gasteiger charge is 2.29. The van der Waals surface area contributed by atoms with Crippen LogP contribution in [0.2, 0.25) is 0 Å². The van der Waals surface area contributed by atoms with Gasteiger partial charge in [-0.3, -0.25) is 4.79 Å². The predicted molar refractivity (Wildman–Crippen MR) is 77.1 cm³/mol. The third kappa shape index (κ3) is 3.03. The highest BCUT2D eigenvalue weighted by Crippen LogP contribution is 2.27. The second-order valence-electron chi connectivity index (χ2n) is 4.96. The van der Waals surface area contributed by atoms with Gasteiger partial charge in [0.15, 0.2) is 0 Å². The van der Waals surface area contributed by atoms with Gasteiger partial charge in [-0.15, -0.1) is 11.6 Å². The molecule has 104 valence electrons. The lowest BCUT2D eigenvalue weighted by Crippen LogP contribution is -2.45. The largest absolute Gasteiger partial charge is 0.496 e. The smallest absolute Gasteiger partial charge is 0.254 e. The molecular weight excluding hydrogens is 262 g/mol. The first-order chi connectivity index (χ1) is 9.17. The van der Waals surface area contributed by atoms with E-state index in [1.807, 2.05) is 30.0 Å². The molecule has 0 saturated heterocycles. The van der Waals surface area contributed by atoms with Crippen LogP contribution >= 0.6 is 11.6 Å². The van der Waals surface area contributed by atoms with Crippen molar-refractivity contribution in [2.24, 2.45) is 0 Å².